The van der Waals surface area contributed by atoms with Crippen molar-refractivity contribution in [1.82, 2.24) is 0 Å². The molecule has 0 radical (unpaired) electrons. The molecule has 0 spiro atoms. The highest BCUT2D eigenvalue weighted by molar-refractivity contribution is 6.23. The summed E-state index contributed by atoms with van der Waals surface area (Å²) in [6.45, 7) is 0. The van der Waals surface area contributed by atoms with Gasteiger partial charge < -0.3 is 9.32 Å². The Morgan fingerprint density at radius 3 is 1.62 bits per heavy atom. The molecular formula is C64H41NO. The van der Waals surface area contributed by atoms with Crippen molar-refractivity contribution >= 4 is 82.1 Å². The third-order valence-corrected chi connectivity index (χ3v) is 13.4. The molecule has 0 aliphatic heterocycles. The summed E-state index contributed by atoms with van der Waals surface area (Å²) in [4.78, 5) is 2.42. The van der Waals surface area contributed by atoms with E-state index in [4.69, 9.17) is 4.42 Å². The molecular weight excluding hydrogens is 799 g/mol. The van der Waals surface area contributed by atoms with Crippen molar-refractivity contribution in [1.29, 1.82) is 0 Å². The van der Waals surface area contributed by atoms with E-state index in [0.29, 0.717) is 0 Å². The average Bonchev–Trinajstić information content (AvgIpc) is 3.79. The third-order valence-electron chi connectivity index (χ3n) is 13.4. The van der Waals surface area contributed by atoms with Crippen molar-refractivity contribution in [2.24, 2.45) is 0 Å². The maximum Gasteiger partial charge on any atom is 0.143 e. The van der Waals surface area contributed by atoms with Crippen LogP contribution in [-0.4, -0.2) is 0 Å². The van der Waals surface area contributed by atoms with Gasteiger partial charge in [-0.1, -0.05) is 194 Å². The summed E-state index contributed by atoms with van der Waals surface area (Å²) < 4.78 is 6.67. The molecule has 13 aromatic rings. The van der Waals surface area contributed by atoms with Crippen LogP contribution in [0.1, 0.15) is 0 Å². The van der Waals surface area contributed by atoms with Crippen molar-refractivity contribution < 1.29 is 4.42 Å². The van der Waals surface area contributed by atoms with Gasteiger partial charge in [0.05, 0.1) is 0 Å². The van der Waals surface area contributed by atoms with Gasteiger partial charge in [-0.25, -0.2) is 0 Å². The second-order valence-corrected chi connectivity index (χ2v) is 17.2. The Balaban J connectivity index is 1.04. The number of rotatable bonds is 7. The number of furan rings is 1. The molecule has 1 aromatic heterocycles. The van der Waals surface area contributed by atoms with E-state index in [9.17, 15) is 0 Å². The van der Waals surface area contributed by atoms with Crippen LogP contribution in [0, 0.1) is 0 Å². The van der Waals surface area contributed by atoms with E-state index in [1.54, 1.807) is 0 Å². The quantitative estimate of drug-likeness (QED) is 0.149. The van der Waals surface area contributed by atoms with Crippen molar-refractivity contribution in [3.05, 3.63) is 249 Å². The number of nitrogens with zero attached hydrogens (tertiary/aromatic N) is 1. The van der Waals surface area contributed by atoms with Crippen LogP contribution in [-0.2, 0) is 0 Å². The molecule has 0 saturated carbocycles. The molecule has 0 bridgehead atoms. The lowest BCUT2D eigenvalue weighted by Crippen LogP contribution is -2.10. The lowest BCUT2D eigenvalue weighted by molar-refractivity contribution is 0.673. The van der Waals surface area contributed by atoms with E-state index in [2.05, 4.69) is 254 Å². The first-order valence-electron chi connectivity index (χ1n) is 22.7. The number of benzene rings is 12. The summed E-state index contributed by atoms with van der Waals surface area (Å²) in [6, 6.07) is 90.3. The minimum Gasteiger partial charge on any atom is -0.455 e. The van der Waals surface area contributed by atoms with Gasteiger partial charge in [0.15, 0.2) is 0 Å². The lowest BCUT2D eigenvalue weighted by atomic mass is 9.85. The van der Waals surface area contributed by atoms with Crippen LogP contribution in [0.25, 0.3) is 110 Å². The molecule has 308 valence electrons. The van der Waals surface area contributed by atoms with Crippen molar-refractivity contribution in [3.63, 3.8) is 0 Å². The first-order chi connectivity index (χ1) is 32.7. The molecule has 0 unspecified atom stereocenters. The number of hydrogen-bond acceptors (Lipinski definition) is 2. The van der Waals surface area contributed by atoms with E-state index in [0.717, 1.165) is 55.5 Å². The Morgan fingerprint density at radius 1 is 0.273 bits per heavy atom. The second kappa shape index (κ2) is 15.5. The highest BCUT2D eigenvalue weighted by Gasteiger charge is 2.22. The van der Waals surface area contributed by atoms with Crippen molar-refractivity contribution in [3.8, 4) is 44.5 Å². The minimum atomic E-state index is 0.884. The lowest BCUT2D eigenvalue weighted by Gasteiger charge is -2.27. The van der Waals surface area contributed by atoms with Gasteiger partial charge in [0, 0.05) is 33.2 Å². The number of anilines is 3. The van der Waals surface area contributed by atoms with Crippen LogP contribution in [0.4, 0.5) is 17.1 Å². The molecule has 2 nitrogen and oxygen atoms in total. The maximum absolute atomic E-state index is 6.67. The normalized spacial score (nSPS) is 11.6. The van der Waals surface area contributed by atoms with Gasteiger partial charge in [-0.15, -0.1) is 0 Å². The van der Waals surface area contributed by atoms with E-state index >= 15 is 0 Å². The second-order valence-electron chi connectivity index (χ2n) is 17.2. The van der Waals surface area contributed by atoms with Crippen LogP contribution in [0.5, 0.6) is 0 Å². The molecule has 1 heterocycles. The Bertz CT molecular complexity index is 3980. The Hall–Kier alpha value is -8.72. The third kappa shape index (κ3) is 6.26. The average molecular weight is 840 g/mol. The van der Waals surface area contributed by atoms with Crippen LogP contribution in [0.15, 0.2) is 253 Å². The van der Waals surface area contributed by atoms with Crippen LogP contribution < -0.4 is 4.90 Å². The van der Waals surface area contributed by atoms with Crippen LogP contribution >= 0.6 is 0 Å². The van der Waals surface area contributed by atoms with Gasteiger partial charge in [0.25, 0.3) is 0 Å². The maximum atomic E-state index is 6.67. The predicted molar refractivity (Wildman–Crippen MR) is 280 cm³/mol. The van der Waals surface area contributed by atoms with Crippen LogP contribution in [0.2, 0.25) is 0 Å². The fraction of sp³-hybridized carbons (Fsp3) is 0. The van der Waals surface area contributed by atoms with Gasteiger partial charge in [0.2, 0.25) is 0 Å². The van der Waals surface area contributed by atoms with E-state index in [1.165, 1.54) is 71.1 Å². The zero-order chi connectivity index (χ0) is 43.6. The van der Waals surface area contributed by atoms with Gasteiger partial charge >= 0.3 is 0 Å². The molecule has 12 aromatic carbocycles. The standard InChI is InChI=1S/C64H41NO/c1-3-17-45(18-4-1)61-57-26-12-11-25-55(57)56-38-36-52(41-59(56)62(61)46-19-5-2-6-20-46)65(50-34-31-43(32-35-50)48-30-29-42-15-7-8-21-47(42)39-48)51-23-13-22-49(40-51)53-27-14-28-60-63(53)58-37-33-44-16-9-10-24-54(44)64(58)66-60/h1-41H. The first kappa shape index (κ1) is 37.8. The fourth-order valence-electron chi connectivity index (χ4n) is 10.4. The monoisotopic (exact) mass is 839 g/mol. The molecule has 0 amide bonds. The summed E-state index contributed by atoms with van der Waals surface area (Å²) in [5.74, 6) is 0. The zero-order valence-electron chi connectivity index (χ0n) is 36.0. The summed E-state index contributed by atoms with van der Waals surface area (Å²) in [6.07, 6.45) is 0. The molecule has 0 aliphatic rings. The molecule has 2 heteroatoms. The number of hydrogen-bond donors (Lipinski definition) is 0. The van der Waals surface area contributed by atoms with Gasteiger partial charge in [-0.05, 0) is 137 Å². The highest BCUT2D eigenvalue weighted by atomic mass is 16.3. The predicted octanol–water partition coefficient (Wildman–Crippen LogP) is 18.3. The molecule has 66 heavy (non-hydrogen) atoms. The first-order valence-corrected chi connectivity index (χ1v) is 22.7. The fourth-order valence-corrected chi connectivity index (χ4v) is 10.4. The summed E-state index contributed by atoms with van der Waals surface area (Å²) in [7, 11) is 0. The largest absolute Gasteiger partial charge is 0.455 e. The SMILES string of the molecule is c1ccc(-c2c(-c3ccccc3)c3cc(N(c4ccc(-c5ccc6ccccc6c5)cc4)c4cccc(-c5cccc6oc7c8ccccc8ccc7c56)c4)ccc3c3ccccc23)cc1. The molecule has 0 N–H and O–H groups in total. The van der Waals surface area contributed by atoms with E-state index in [-0.39, 0.29) is 0 Å². The number of fused-ring (bicyclic) bond motifs is 9. The van der Waals surface area contributed by atoms with Crippen molar-refractivity contribution in [2.45, 2.75) is 0 Å². The van der Waals surface area contributed by atoms with Gasteiger partial charge in [-0.3, -0.25) is 0 Å². The molecule has 0 aliphatic carbocycles. The van der Waals surface area contributed by atoms with E-state index in [1.807, 2.05) is 0 Å². The van der Waals surface area contributed by atoms with Crippen LogP contribution in [0.3, 0.4) is 0 Å². The van der Waals surface area contributed by atoms with Crippen molar-refractivity contribution in [2.75, 3.05) is 4.90 Å². The molecule has 13 rings (SSSR count). The Morgan fingerprint density at radius 2 is 0.833 bits per heavy atom. The molecule has 0 saturated heterocycles. The zero-order valence-corrected chi connectivity index (χ0v) is 36.0. The topological polar surface area (TPSA) is 16.4 Å². The molecule has 0 atom stereocenters. The summed E-state index contributed by atoms with van der Waals surface area (Å²) in [5.41, 5.74) is 14.5. The van der Waals surface area contributed by atoms with E-state index < -0.39 is 0 Å². The highest BCUT2D eigenvalue weighted by Crippen LogP contribution is 2.48. The minimum absolute atomic E-state index is 0.884. The van der Waals surface area contributed by atoms with Gasteiger partial charge in [0.1, 0.15) is 11.2 Å². The Kier molecular flexibility index (Phi) is 8.89. The summed E-state index contributed by atoms with van der Waals surface area (Å²) >= 11 is 0. The Labute approximate surface area is 382 Å². The molecule has 0 fully saturated rings. The smallest absolute Gasteiger partial charge is 0.143 e. The summed E-state index contributed by atoms with van der Waals surface area (Å²) in [5, 5.41) is 11.9. The van der Waals surface area contributed by atoms with Gasteiger partial charge in [-0.2, -0.15) is 0 Å².